The van der Waals surface area contributed by atoms with Gasteiger partial charge in [0.25, 0.3) is 5.91 Å². The van der Waals surface area contributed by atoms with Crippen LogP contribution in [0, 0.1) is 11.3 Å². The number of urea groups is 1. The van der Waals surface area contributed by atoms with E-state index in [2.05, 4.69) is 5.32 Å². The van der Waals surface area contributed by atoms with Gasteiger partial charge in [-0.1, -0.05) is 36.4 Å². The van der Waals surface area contributed by atoms with E-state index in [1.54, 1.807) is 34.1 Å². The van der Waals surface area contributed by atoms with Crippen LogP contribution in [0.25, 0.3) is 0 Å². The molecule has 1 N–H and O–H groups in total. The Kier molecular flexibility index (Phi) is 5.49. The smallest absolute Gasteiger partial charge is 0.317 e. The van der Waals surface area contributed by atoms with Crippen molar-refractivity contribution >= 4 is 11.9 Å². The van der Waals surface area contributed by atoms with Crippen LogP contribution in [0.5, 0.6) is 0 Å². The number of hydrogen-bond donors (Lipinski definition) is 1. The summed E-state index contributed by atoms with van der Waals surface area (Å²) in [6.07, 6.45) is 0. The third kappa shape index (κ3) is 4.19. The highest BCUT2D eigenvalue weighted by atomic mass is 16.2. The van der Waals surface area contributed by atoms with Crippen molar-refractivity contribution < 1.29 is 9.59 Å². The molecule has 0 aliphatic carbocycles. The molecule has 132 valence electrons. The standard InChI is InChI=1S/C20H20N4O2/c21-14-17-7-4-8-18(13-17)19(25)23-9-11-24(12-10-23)20(26)22-15-16-5-2-1-3-6-16/h1-8,13H,9-12,15H2,(H,22,26). The van der Waals surface area contributed by atoms with E-state index in [9.17, 15) is 9.59 Å². The van der Waals surface area contributed by atoms with E-state index in [4.69, 9.17) is 5.26 Å². The van der Waals surface area contributed by atoms with Gasteiger partial charge in [-0.2, -0.15) is 5.26 Å². The Morgan fingerprint density at radius 2 is 1.65 bits per heavy atom. The van der Waals surface area contributed by atoms with E-state index >= 15 is 0 Å². The molecular weight excluding hydrogens is 328 g/mol. The Morgan fingerprint density at radius 3 is 2.35 bits per heavy atom. The lowest BCUT2D eigenvalue weighted by molar-refractivity contribution is 0.0665. The van der Waals surface area contributed by atoms with Gasteiger partial charge in [-0.25, -0.2) is 4.79 Å². The van der Waals surface area contributed by atoms with Crippen molar-refractivity contribution in [3.05, 3.63) is 71.3 Å². The van der Waals surface area contributed by atoms with Gasteiger partial charge in [0.1, 0.15) is 0 Å². The first-order valence-corrected chi connectivity index (χ1v) is 8.53. The molecule has 1 heterocycles. The highest BCUT2D eigenvalue weighted by molar-refractivity contribution is 5.94. The van der Waals surface area contributed by atoms with Crippen LogP contribution in [0.4, 0.5) is 4.79 Å². The van der Waals surface area contributed by atoms with Crippen LogP contribution in [0.2, 0.25) is 0 Å². The maximum atomic E-state index is 12.6. The van der Waals surface area contributed by atoms with Crippen LogP contribution < -0.4 is 5.32 Å². The molecule has 6 heteroatoms. The Morgan fingerprint density at radius 1 is 0.962 bits per heavy atom. The number of carbonyl (C=O) groups is 2. The summed E-state index contributed by atoms with van der Waals surface area (Å²) in [6, 6.07) is 18.4. The van der Waals surface area contributed by atoms with Gasteiger partial charge in [-0.05, 0) is 23.8 Å². The third-order valence-electron chi connectivity index (χ3n) is 4.38. The van der Waals surface area contributed by atoms with E-state index < -0.39 is 0 Å². The largest absolute Gasteiger partial charge is 0.335 e. The monoisotopic (exact) mass is 348 g/mol. The van der Waals surface area contributed by atoms with E-state index in [1.807, 2.05) is 36.4 Å². The summed E-state index contributed by atoms with van der Waals surface area (Å²) in [7, 11) is 0. The molecular formula is C20H20N4O2. The normalized spacial score (nSPS) is 13.8. The highest BCUT2D eigenvalue weighted by Gasteiger charge is 2.24. The van der Waals surface area contributed by atoms with Crippen LogP contribution in [0.1, 0.15) is 21.5 Å². The second kappa shape index (κ2) is 8.17. The van der Waals surface area contributed by atoms with Gasteiger partial charge in [0.15, 0.2) is 0 Å². The maximum Gasteiger partial charge on any atom is 0.317 e. The molecule has 1 saturated heterocycles. The van der Waals surface area contributed by atoms with Crippen molar-refractivity contribution in [1.29, 1.82) is 5.26 Å². The van der Waals surface area contributed by atoms with Crippen molar-refractivity contribution in [2.75, 3.05) is 26.2 Å². The number of rotatable bonds is 3. The predicted octanol–water partition coefficient (Wildman–Crippen LogP) is 2.23. The summed E-state index contributed by atoms with van der Waals surface area (Å²) in [4.78, 5) is 28.3. The summed E-state index contributed by atoms with van der Waals surface area (Å²) < 4.78 is 0. The average molecular weight is 348 g/mol. The highest BCUT2D eigenvalue weighted by Crippen LogP contribution is 2.11. The molecule has 0 saturated carbocycles. The average Bonchev–Trinajstić information content (AvgIpc) is 2.72. The molecule has 0 bridgehead atoms. The van der Waals surface area contributed by atoms with Crippen molar-refractivity contribution in [2.24, 2.45) is 0 Å². The number of nitrogens with one attached hydrogen (secondary N) is 1. The third-order valence-corrected chi connectivity index (χ3v) is 4.38. The van der Waals surface area contributed by atoms with Gasteiger partial charge >= 0.3 is 6.03 Å². The fourth-order valence-electron chi connectivity index (χ4n) is 2.90. The topological polar surface area (TPSA) is 76.4 Å². The minimum Gasteiger partial charge on any atom is -0.335 e. The molecule has 3 rings (SSSR count). The molecule has 1 aliphatic rings. The number of nitrogens with zero attached hydrogens (tertiary/aromatic N) is 3. The van der Waals surface area contributed by atoms with Gasteiger partial charge in [-0.15, -0.1) is 0 Å². The van der Waals surface area contributed by atoms with Crippen LogP contribution in [0.15, 0.2) is 54.6 Å². The number of nitriles is 1. The van der Waals surface area contributed by atoms with Gasteiger partial charge < -0.3 is 15.1 Å². The van der Waals surface area contributed by atoms with E-state index in [-0.39, 0.29) is 11.9 Å². The lowest BCUT2D eigenvalue weighted by Gasteiger charge is -2.34. The molecule has 2 aromatic carbocycles. The van der Waals surface area contributed by atoms with Crippen LogP contribution in [-0.2, 0) is 6.54 Å². The number of piperazine rings is 1. The van der Waals surface area contributed by atoms with E-state index in [0.717, 1.165) is 5.56 Å². The van der Waals surface area contributed by atoms with E-state index in [0.29, 0.717) is 43.9 Å². The van der Waals surface area contributed by atoms with E-state index in [1.165, 1.54) is 0 Å². The van der Waals surface area contributed by atoms with Crippen molar-refractivity contribution in [1.82, 2.24) is 15.1 Å². The predicted molar refractivity (Wildman–Crippen MR) is 97.3 cm³/mol. The lowest BCUT2D eigenvalue weighted by atomic mass is 10.1. The molecule has 6 nitrogen and oxygen atoms in total. The number of carbonyl (C=O) groups excluding carboxylic acids is 2. The summed E-state index contributed by atoms with van der Waals surface area (Å²) in [6.45, 7) is 2.43. The van der Waals surface area contributed by atoms with Gasteiger partial charge in [-0.3, -0.25) is 4.79 Å². The Balaban J connectivity index is 1.51. The van der Waals surface area contributed by atoms with Crippen molar-refractivity contribution in [3.63, 3.8) is 0 Å². The SMILES string of the molecule is N#Cc1cccc(C(=O)N2CCN(C(=O)NCc3ccccc3)CC2)c1. The molecule has 3 amide bonds. The van der Waals surface area contributed by atoms with Crippen LogP contribution in [-0.4, -0.2) is 47.9 Å². The molecule has 0 spiro atoms. The van der Waals surface area contributed by atoms with Crippen molar-refractivity contribution in [3.8, 4) is 6.07 Å². The first-order valence-electron chi connectivity index (χ1n) is 8.53. The Labute approximate surface area is 152 Å². The number of amides is 3. The first kappa shape index (κ1) is 17.5. The fraction of sp³-hybridized carbons (Fsp3) is 0.250. The Hall–Kier alpha value is -3.33. The number of hydrogen-bond acceptors (Lipinski definition) is 3. The summed E-state index contributed by atoms with van der Waals surface area (Å²) >= 11 is 0. The minimum absolute atomic E-state index is 0.105. The zero-order valence-electron chi connectivity index (χ0n) is 14.4. The quantitative estimate of drug-likeness (QED) is 0.924. The zero-order valence-corrected chi connectivity index (χ0v) is 14.4. The molecule has 0 atom stereocenters. The summed E-state index contributed by atoms with van der Waals surface area (Å²) in [5.41, 5.74) is 2.02. The lowest BCUT2D eigenvalue weighted by Crippen LogP contribution is -2.53. The summed E-state index contributed by atoms with van der Waals surface area (Å²) in [5, 5.41) is 11.9. The second-order valence-electron chi connectivity index (χ2n) is 6.12. The zero-order chi connectivity index (χ0) is 18.4. The molecule has 26 heavy (non-hydrogen) atoms. The van der Waals surface area contributed by atoms with Crippen LogP contribution >= 0.6 is 0 Å². The molecule has 0 radical (unpaired) electrons. The molecule has 2 aromatic rings. The first-order chi connectivity index (χ1) is 12.7. The van der Waals surface area contributed by atoms with Crippen molar-refractivity contribution in [2.45, 2.75) is 6.54 Å². The molecule has 0 aromatic heterocycles. The van der Waals surface area contributed by atoms with Gasteiger partial charge in [0.2, 0.25) is 0 Å². The maximum absolute atomic E-state index is 12.6. The number of benzene rings is 2. The molecule has 1 aliphatic heterocycles. The van der Waals surface area contributed by atoms with Crippen LogP contribution in [0.3, 0.4) is 0 Å². The molecule has 0 unspecified atom stereocenters. The fourth-order valence-corrected chi connectivity index (χ4v) is 2.90. The van der Waals surface area contributed by atoms with Gasteiger partial charge in [0.05, 0.1) is 11.6 Å². The Bertz CT molecular complexity index is 821. The van der Waals surface area contributed by atoms with Gasteiger partial charge in [0, 0.05) is 38.3 Å². The molecule has 1 fully saturated rings. The minimum atomic E-state index is -0.118. The summed E-state index contributed by atoms with van der Waals surface area (Å²) in [5.74, 6) is -0.105. The second-order valence-corrected chi connectivity index (χ2v) is 6.12.